The van der Waals surface area contributed by atoms with Crippen LogP contribution in [-0.2, 0) is 0 Å². The van der Waals surface area contributed by atoms with Gasteiger partial charge in [0.15, 0.2) is 0 Å². The first-order valence-corrected chi connectivity index (χ1v) is 9.15. The van der Waals surface area contributed by atoms with Gasteiger partial charge < -0.3 is 15.7 Å². The van der Waals surface area contributed by atoms with Crippen molar-refractivity contribution in [1.82, 2.24) is 15.6 Å². The van der Waals surface area contributed by atoms with E-state index in [0.717, 1.165) is 11.3 Å². The molecule has 5 nitrogen and oxygen atoms in total. The van der Waals surface area contributed by atoms with Gasteiger partial charge in [-0.1, -0.05) is 0 Å². The number of nitrogens with one attached hydrogen (secondary N) is 2. The maximum atomic E-state index is 11.9. The zero-order valence-electron chi connectivity index (χ0n) is 12.3. The molecule has 2 aromatic rings. The fraction of sp³-hybridized carbons (Fsp3) is 0.467. The maximum absolute atomic E-state index is 11.9. The minimum Gasteiger partial charge on any atom is -0.387 e. The van der Waals surface area contributed by atoms with Crippen molar-refractivity contribution in [3.05, 3.63) is 38.5 Å². The number of rotatable bonds is 6. The Kier molecular flexibility index (Phi) is 4.75. The standard InChI is InChI=1S/C15H19N3O2S2/c1-9(12-8-22-14(18-12)10-2-3-10)17-15(20)16-6-13(19)11-4-5-21-7-11/h4-5,7-10,13,19H,2-3,6H2,1H3,(H2,16,17,20)/t9-,13+/m1/s1. The number of thiazole rings is 1. The third-order valence-corrected chi connectivity index (χ3v) is 5.37. The van der Waals surface area contributed by atoms with Crippen molar-refractivity contribution in [3.8, 4) is 0 Å². The Hall–Kier alpha value is -1.44. The monoisotopic (exact) mass is 337 g/mol. The summed E-state index contributed by atoms with van der Waals surface area (Å²) in [5.41, 5.74) is 1.73. The lowest BCUT2D eigenvalue weighted by Gasteiger charge is -2.14. The quantitative estimate of drug-likeness (QED) is 0.758. The third kappa shape index (κ3) is 3.85. The van der Waals surface area contributed by atoms with Gasteiger partial charge in [-0.3, -0.25) is 0 Å². The molecule has 3 N–H and O–H groups in total. The Morgan fingerprint density at radius 3 is 3.00 bits per heavy atom. The number of carbonyl (C=O) groups excluding carboxylic acids is 1. The molecule has 7 heteroatoms. The molecule has 0 spiro atoms. The van der Waals surface area contributed by atoms with Gasteiger partial charge >= 0.3 is 6.03 Å². The van der Waals surface area contributed by atoms with Crippen molar-refractivity contribution < 1.29 is 9.90 Å². The van der Waals surface area contributed by atoms with Gasteiger partial charge in [0.2, 0.25) is 0 Å². The van der Waals surface area contributed by atoms with Crippen molar-refractivity contribution in [3.63, 3.8) is 0 Å². The first-order valence-electron chi connectivity index (χ1n) is 7.33. The number of carbonyl (C=O) groups is 1. The summed E-state index contributed by atoms with van der Waals surface area (Å²) in [4.78, 5) is 16.5. The second-order valence-electron chi connectivity index (χ2n) is 5.53. The lowest BCUT2D eigenvalue weighted by atomic mass is 10.2. The van der Waals surface area contributed by atoms with E-state index in [1.807, 2.05) is 29.1 Å². The van der Waals surface area contributed by atoms with Crippen LogP contribution in [0.1, 0.15) is 54.1 Å². The molecule has 1 fully saturated rings. The van der Waals surface area contributed by atoms with E-state index in [4.69, 9.17) is 0 Å². The Labute approximate surface area is 137 Å². The molecule has 22 heavy (non-hydrogen) atoms. The van der Waals surface area contributed by atoms with Crippen LogP contribution in [0.4, 0.5) is 4.79 Å². The molecule has 0 aliphatic heterocycles. The summed E-state index contributed by atoms with van der Waals surface area (Å²) in [6.07, 6.45) is 1.79. The highest BCUT2D eigenvalue weighted by molar-refractivity contribution is 7.09. The molecular formula is C15H19N3O2S2. The summed E-state index contributed by atoms with van der Waals surface area (Å²) < 4.78 is 0. The summed E-state index contributed by atoms with van der Waals surface area (Å²) in [5, 5.41) is 22.5. The van der Waals surface area contributed by atoms with Crippen LogP contribution in [0.3, 0.4) is 0 Å². The van der Waals surface area contributed by atoms with Gasteiger partial charge in [-0.25, -0.2) is 9.78 Å². The molecule has 0 saturated heterocycles. The van der Waals surface area contributed by atoms with E-state index in [0.29, 0.717) is 5.92 Å². The fourth-order valence-corrected chi connectivity index (χ4v) is 3.90. The number of urea groups is 1. The van der Waals surface area contributed by atoms with Crippen molar-refractivity contribution in [1.29, 1.82) is 0 Å². The number of hydrogen-bond donors (Lipinski definition) is 3. The predicted octanol–water partition coefficient (Wildman–Crippen LogP) is 3.18. The molecule has 0 bridgehead atoms. The second-order valence-corrected chi connectivity index (χ2v) is 7.20. The van der Waals surface area contributed by atoms with E-state index in [2.05, 4.69) is 15.6 Å². The number of aliphatic hydroxyl groups excluding tert-OH is 1. The van der Waals surface area contributed by atoms with Gasteiger partial charge in [0.25, 0.3) is 0 Å². The minimum absolute atomic E-state index is 0.137. The van der Waals surface area contributed by atoms with Crippen LogP contribution in [0.2, 0.25) is 0 Å². The Morgan fingerprint density at radius 2 is 2.32 bits per heavy atom. The number of amides is 2. The molecule has 2 atom stereocenters. The zero-order chi connectivity index (χ0) is 15.5. The highest BCUT2D eigenvalue weighted by atomic mass is 32.1. The SMILES string of the molecule is C[C@@H](NC(=O)NC[C@H](O)c1ccsc1)c1csc(C2CC2)n1. The van der Waals surface area contributed by atoms with Crippen LogP contribution in [-0.4, -0.2) is 22.7 Å². The molecule has 118 valence electrons. The highest BCUT2D eigenvalue weighted by Gasteiger charge is 2.27. The van der Waals surface area contributed by atoms with Crippen molar-refractivity contribution >= 4 is 28.7 Å². The van der Waals surface area contributed by atoms with E-state index in [1.54, 1.807) is 11.3 Å². The van der Waals surface area contributed by atoms with E-state index in [9.17, 15) is 9.90 Å². The van der Waals surface area contributed by atoms with E-state index < -0.39 is 6.10 Å². The van der Waals surface area contributed by atoms with Crippen LogP contribution < -0.4 is 10.6 Å². The Bertz CT molecular complexity index is 623. The van der Waals surface area contributed by atoms with Gasteiger partial charge in [0, 0.05) is 17.8 Å². The van der Waals surface area contributed by atoms with Crippen molar-refractivity contribution in [2.75, 3.05) is 6.54 Å². The highest BCUT2D eigenvalue weighted by Crippen LogP contribution is 2.41. The lowest BCUT2D eigenvalue weighted by Crippen LogP contribution is -2.39. The molecule has 2 aromatic heterocycles. The fourth-order valence-electron chi connectivity index (χ4n) is 2.11. The van der Waals surface area contributed by atoms with E-state index in [1.165, 1.54) is 29.2 Å². The maximum Gasteiger partial charge on any atom is 0.315 e. The lowest BCUT2D eigenvalue weighted by molar-refractivity contribution is 0.173. The average molecular weight is 337 g/mol. The first-order chi connectivity index (χ1) is 10.6. The summed E-state index contributed by atoms with van der Waals surface area (Å²) in [7, 11) is 0. The molecular weight excluding hydrogens is 318 g/mol. The van der Waals surface area contributed by atoms with Crippen LogP contribution in [0.5, 0.6) is 0 Å². The molecule has 2 amide bonds. The number of aliphatic hydroxyl groups is 1. The van der Waals surface area contributed by atoms with Crippen LogP contribution in [0.25, 0.3) is 0 Å². The number of nitrogens with zero attached hydrogens (tertiary/aromatic N) is 1. The van der Waals surface area contributed by atoms with E-state index >= 15 is 0 Å². The predicted molar refractivity (Wildman–Crippen MR) is 88.3 cm³/mol. The Balaban J connectivity index is 1.46. The first kappa shape index (κ1) is 15.5. The minimum atomic E-state index is -0.673. The van der Waals surface area contributed by atoms with E-state index in [-0.39, 0.29) is 18.6 Å². The molecule has 0 unspecified atom stereocenters. The molecule has 3 rings (SSSR count). The number of aromatic nitrogens is 1. The van der Waals surface area contributed by atoms with Gasteiger partial charge in [0.05, 0.1) is 22.8 Å². The van der Waals surface area contributed by atoms with Crippen LogP contribution >= 0.6 is 22.7 Å². The van der Waals surface area contributed by atoms with Gasteiger partial charge in [-0.2, -0.15) is 11.3 Å². The third-order valence-electron chi connectivity index (χ3n) is 3.64. The summed E-state index contributed by atoms with van der Waals surface area (Å²) in [5.74, 6) is 0.639. The van der Waals surface area contributed by atoms with Crippen molar-refractivity contribution in [2.24, 2.45) is 0 Å². The smallest absolute Gasteiger partial charge is 0.315 e. The summed E-state index contributed by atoms with van der Waals surface area (Å²) in [6, 6.07) is 1.43. The molecule has 1 aliphatic rings. The normalized spacial score (nSPS) is 17.0. The molecule has 0 aromatic carbocycles. The molecule has 1 saturated carbocycles. The summed E-state index contributed by atoms with van der Waals surface area (Å²) in [6.45, 7) is 2.11. The van der Waals surface area contributed by atoms with Crippen LogP contribution in [0, 0.1) is 0 Å². The Morgan fingerprint density at radius 1 is 1.50 bits per heavy atom. The van der Waals surface area contributed by atoms with Gasteiger partial charge in [-0.05, 0) is 42.2 Å². The topological polar surface area (TPSA) is 74.2 Å². The largest absolute Gasteiger partial charge is 0.387 e. The van der Waals surface area contributed by atoms with Gasteiger partial charge in [0.1, 0.15) is 0 Å². The molecule has 2 heterocycles. The second kappa shape index (κ2) is 6.76. The van der Waals surface area contributed by atoms with Crippen LogP contribution in [0.15, 0.2) is 22.2 Å². The molecule has 0 radical (unpaired) electrons. The molecule has 1 aliphatic carbocycles. The van der Waals surface area contributed by atoms with Gasteiger partial charge in [-0.15, -0.1) is 11.3 Å². The number of hydrogen-bond acceptors (Lipinski definition) is 5. The summed E-state index contributed by atoms with van der Waals surface area (Å²) >= 11 is 3.19. The zero-order valence-corrected chi connectivity index (χ0v) is 13.9. The average Bonchev–Trinajstić information content (AvgIpc) is 3.03. The number of thiophene rings is 1. The van der Waals surface area contributed by atoms with Crippen molar-refractivity contribution in [2.45, 2.75) is 37.8 Å².